The van der Waals surface area contributed by atoms with E-state index >= 15 is 0 Å². The van der Waals surface area contributed by atoms with Crippen molar-refractivity contribution in [1.29, 1.82) is 0 Å². The van der Waals surface area contributed by atoms with E-state index in [2.05, 4.69) is 0 Å². The Kier molecular flexibility index (Phi) is 4.46. The summed E-state index contributed by atoms with van der Waals surface area (Å²) in [7, 11) is -4.60. The Hall–Kier alpha value is -0.270. The Morgan fingerprint density at radius 1 is 0.889 bits per heavy atom. The molecule has 0 spiro atoms. The van der Waals surface area contributed by atoms with Crippen molar-refractivity contribution < 1.29 is 16.8 Å². The van der Waals surface area contributed by atoms with Gasteiger partial charge in [-0.2, -0.15) is 16.8 Å². The highest BCUT2D eigenvalue weighted by molar-refractivity contribution is 8.33. The van der Waals surface area contributed by atoms with Crippen LogP contribution in [-0.2, 0) is 20.6 Å². The second-order valence-corrected chi connectivity index (χ2v) is 3.70. The van der Waals surface area contributed by atoms with Crippen LogP contribution >= 0.6 is 11.8 Å². The molecule has 0 aromatic carbocycles. The van der Waals surface area contributed by atoms with Gasteiger partial charge in [0.1, 0.15) is 0 Å². The van der Waals surface area contributed by atoms with E-state index in [1.807, 2.05) is 0 Å². The van der Waals surface area contributed by atoms with Crippen molar-refractivity contribution >= 4 is 41.7 Å². The van der Waals surface area contributed by atoms with Gasteiger partial charge in [0.2, 0.25) is 20.6 Å². The third kappa shape index (κ3) is 7.73. The average Bonchev–Trinajstić information content (AvgIpc) is 1.63. The highest BCUT2D eigenvalue weighted by atomic mass is 32.2. The monoisotopic (exact) mass is 186 g/mol. The molecule has 0 saturated heterocycles. The van der Waals surface area contributed by atoms with Gasteiger partial charge in [-0.3, -0.25) is 0 Å². The van der Waals surface area contributed by atoms with E-state index < -0.39 is 20.6 Å². The van der Waals surface area contributed by atoms with Crippen LogP contribution in [0.3, 0.4) is 0 Å². The molecular weight excluding hydrogens is 184 g/mol. The zero-order chi connectivity index (χ0) is 7.28. The maximum atomic E-state index is 9.68. The quantitative estimate of drug-likeness (QED) is 0.517. The summed E-state index contributed by atoms with van der Waals surface area (Å²) in [6, 6.07) is 0. The molecule has 0 heterocycles. The predicted molar refractivity (Wildman–Crippen MR) is 37.6 cm³/mol. The van der Waals surface area contributed by atoms with Crippen molar-refractivity contribution in [2.75, 3.05) is 0 Å². The Morgan fingerprint density at radius 3 is 1.44 bits per heavy atom. The Labute approximate surface area is 58.9 Å². The van der Waals surface area contributed by atoms with E-state index in [0.717, 1.165) is 9.40 Å². The van der Waals surface area contributed by atoms with E-state index in [1.165, 1.54) is 0 Å². The zero-order valence-electron chi connectivity index (χ0n) is 4.01. The smallest absolute Gasteiger partial charge is 0.184 e. The fourth-order valence-electron chi connectivity index (χ4n) is 0.113. The summed E-state index contributed by atoms with van der Waals surface area (Å²) >= 11 is 0.594. The van der Waals surface area contributed by atoms with E-state index in [4.69, 9.17) is 0 Å². The van der Waals surface area contributed by atoms with Crippen LogP contribution in [0.25, 0.3) is 0 Å². The van der Waals surface area contributed by atoms with Gasteiger partial charge in [-0.25, -0.2) is 0 Å². The summed E-state index contributed by atoms with van der Waals surface area (Å²) in [6.45, 7) is 0. The number of rotatable bonds is 2. The molecule has 4 nitrogen and oxygen atoms in total. The molecular formula is C2H2O4S3. The number of hydrogen-bond acceptors (Lipinski definition) is 5. The molecule has 7 heteroatoms. The van der Waals surface area contributed by atoms with Crippen molar-refractivity contribution in [3.05, 3.63) is 0 Å². The molecule has 0 rings (SSSR count). The van der Waals surface area contributed by atoms with Gasteiger partial charge in [0.25, 0.3) is 0 Å². The van der Waals surface area contributed by atoms with Crippen LogP contribution in [0.2, 0.25) is 0 Å². The molecule has 0 aromatic heterocycles. The van der Waals surface area contributed by atoms with Crippen LogP contribution in [0.5, 0.6) is 0 Å². The molecule has 0 aromatic rings. The van der Waals surface area contributed by atoms with E-state index in [0.29, 0.717) is 11.8 Å². The third-order valence-corrected chi connectivity index (χ3v) is 2.41. The molecule has 0 aliphatic rings. The minimum atomic E-state index is -2.30. The van der Waals surface area contributed by atoms with Gasteiger partial charge in [-0.15, -0.1) is 0 Å². The molecule has 0 unspecified atom stereocenters. The molecule has 9 heavy (non-hydrogen) atoms. The summed E-state index contributed by atoms with van der Waals surface area (Å²) in [4.78, 5) is 0. The fraction of sp³-hybridized carbons (Fsp3) is 0. The van der Waals surface area contributed by atoms with Crippen molar-refractivity contribution in [1.82, 2.24) is 0 Å². The van der Waals surface area contributed by atoms with Crippen LogP contribution in [0, 0.1) is 0 Å². The highest BCUT2D eigenvalue weighted by Gasteiger charge is 1.73. The molecule has 0 radical (unpaired) electrons. The Balaban J connectivity index is 4.14. The van der Waals surface area contributed by atoms with Crippen molar-refractivity contribution in [3.8, 4) is 0 Å². The van der Waals surface area contributed by atoms with Crippen LogP contribution in [0.4, 0.5) is 0 Å². The number of thioether (sulfide) groups is 1. The SMILES string of the molecule is O=S(=O)=CSC=S(=O)=O. The van der Waals surface area contributed by atoms with Gasteiger partial charge in [-0.1, -0.05) is 11.8 Å². The van der Waals surface area contributed by atoms with Gasteiger partial charge < -0.3 is 0 Å². The molecule has 0 fully saturated rings. The van der Waals surface area contributed by atoms with Crippen molar-refractivity contribution in [2.24, 2.45) is 0 Å². The molecule has 0 atom stereocenters. The minimum Gasteiger partial charge on any atom is -0.184 e. The lowest BCUT2D eigenvalue weighted by molar-refractivity contribution is 0.626. The van der Waals surface area contributed by atoms with Gasteiger partial charge in [0.15, 0.2) is 0 Å². The van der Waals surface area contributed by atoms with Crippen LogP contribution in [-0.4, -0.2) is 26.2 Å². The standard InChI is InChI=1S/C2H2O4S3/c3-8(4)1-7-2-9(5)6/h1-2H. The summed E-state index contributed by atoms with van der Waals surface area (Å²) in [5, 5.41) is 0. The van der Waals surface area contributed by atoms with E-state index in [1.54, 1.807) is 0 Å². The first-order chi connectivity index (χ1) is 4.13. The van der Waals surface area contributed by atoms with Gasteiger partial charge in [0, 0.05) is 0 Å². The van der Waals surface area contributed by atoms with Crippen molar-refractivity contribution in [2.45, 2.75) is 0 Å². The van der Waals surface area contributed by atoms with Crippen LogP contribution in [0.1, 0.15) is 0 Å². The summed E-state index contributed by atoms with van der Waals surface area (Å²) in [5.41, 5.74) is 0. The van der Waals surface area contributed by atoms with Crippen LogP contribution in [0.15, 0.2) is 0 Å². The molecule has 0 aliphatic carbocycles. The van der Waals surface area contributed by atoms with Gasteiger partial charge in [-0.05, 0) is 0 Å². The normalized spacial score (nSPS) is 8.00. The van der Waals surface area contributed by atoms with E-state index in [-0.39, 0.29) is 0 Å². The summed E-state index contributed by atoms with van der Waals surface area (Å²) in [6.07, 6.45) is 0. The summed E-state index contributed by atoms with van der Waals surface area (Å²) < 4.78 is 40.3. The first-order valence-electron chi connectivity index (χ1n) is 1.61. The lowest BCUT2D eigenvalue weighted by atomic mass is 11.9. The third-order valence-electron chi connectivity index (χ3n) is 0.268. The lowest BCUT2D eigenvalue weighted by Crippen LogP contribution is -1.68. The second kappa shape index (κ2) is 4.59. The largest absolute Gasteiger partial charge is 0.220 e. The molecule has 0 bridgehead atoms. The maximum absolute atomic E-state index is 9.68. The highest BCUT2D eigenvalue weighted by Crippen LogP contribution is 1.81. The summed E-state index contributed by atoms with van der Waals surface area (Å²) in [5.74, 6) is 0. The molecule has 0 saturated carbocycles. The van der Waals surface area contributed by atoms with Gasteiger partial charge >= 0.3 is 0 Å². The first-order valence-corrected chi connectivity index (χ1v) is 4.83. The average molecular weight is 186 g/mol. The molecule has 0 aliphatic heterocycles. The Bertz CT molecular complexity index is 267. The first kappa shape index (κ1) is 8.73. The van der Waals surface area contributed by atoms with Crippen LogP contribution < -0.4 is 0 Å². The minimum absolute atomic E-state index is 0.594. The number of hydrogen-bond donors (Lipinski definition) is 0. The molecule has 0 N–H and O–H groups in total. The molecule has 52 valence electrons. The topological polar surface area (TPSA) is 68.3 Å². The zero-order valence-corrected chi connectivity index (χ0v) is 6.46. The lowest BCUT2D eigenvalue weighted by Gasteiger charge is -1.62. The van der Waals surface area contributed by atoms with Crippen molar-refractivity contribution in [3.63, 3.8) is 0 Å². The Morgan fingerprint density at radius 2 is 1.22 bits per heavy atom. The molecule has 0 amide bonds. The van der Waals surface area contributed by atoms with E-state index in [9.17, 15) is 16.8 Å². The van der Waals surface area contributed by atoms with Gasteiger partial charge in [0.05, 0.1) is 9.40 Å². The predicted octanol–water partition coefficient (Wildman–Crippen LogP) is -1.00. The maximum Gasteiger partial charge on any atom is 0.220 e. The fourth-order valence-corrected chi connectivity index (χ4v) is 1.43. The second-order valence-electron chi connectivity index (χ2n) is 0.850.